The highest BCUT2D eigenvalue weighted by atomic mass is 32.1. The highest BCUT2D eigenvalue weighted by Crippen LogP contribution is 2.16. The van der Waals surface area contributed by atoms with Crippen LogP contribution in [0.1, 0.15) is 16.8 Å². The predicted molar refractivity (Wildman–Crippen MR) is 74.1 cm³/mol. The van der Waals surface area contributed by atoms with Gasteiger partial charge in [0.05, 0.1) is 0 Å². The molecule has 1 N–H and O–H groups in total. The first-order chi connectivity index (χ1) is 9.83. The topological polar surface area (TPSA) is 49.4 Å². The minimum absolute atomic E-state index is 0.0149. The van der Waals surface area contributed by atoms with Crippen molar-refractivity contribution in [1.29, 1.82) is 0 Å². The molecule has 4 nitrogen and oxygen atoms in total. The minimum Gasteiger partial charge on any atom is -0.351 e. The van der Waals surface area contributed by atoms with Crippen LogP contribution in [0.25, 0.3) is 0 Å². The number of thiophene rings is 1. The Kier molecular flexibility index (Phi) is 6.41. The average molecular weight is 320 g/mol. The van der Waals surface area contributed by atoms with Crippen molar-refractivity contribution in [2.75, 3.05) is 19.6 Å². The van der Waals surface area contributed by atoms with E-state index in [-0.39, 0.29) is 25.4 Å². The van der Waals surface area contributed by atoms with Gasteiger partial charge in [-0.2, -0.15) is 24.5 Å². The van der Waals surface area contributed by atoms with Gasteiger partial charge in [0.1, 0.15) is 6.54 Å². The van der Waals surface area contributed by atoms with E-state index in [9.17, 15) is 22.8 Å². The molecule has 0 aromatic carbocycles. The molecular weight excluding hydrogens is 305 g/mol. The fraction of sp³-hybridized carbons (Fsp3) is 0.385. The van der Waals surface area contributed by atoms with Crippen LogP contribution in [0.3, 0.4) is 0 Å². The summed E-state index contributed by atoms with van der Waals surface area (Å²) in [6.45, 7) is 1.80. The van der Waals surface area contributed by atoms with E-state index >= 15 is 0 Å². The summed E-state index contributed by atoms with van der Waals surface area (Å²) in [7, 11) is 0. The van der Waals surface area contributed by atoms with E-state index in [0.717, 1.165) is 0 Å². The summed E-state index contributed by atoms with van der Waals surface area (Å²) in [4.78, 5) is 24.0. The molecule has 0 unspecified atom stereocenters. The van der Waals surface area contributed by atoms with Crippen molar-refractivity contribution in [2.45, 2.75) is 12.6 Å². The number of carbonyl (C=O) groups is 2. The zero-order valence-electron chi connectivity index (χ0n) is 11.2. The first kappa shape index (κ1) is 17.2. The molecule has 2 amide bonds. The Morgan fingerprint density at radius 2 is 2.14 bits per heavy atom. The maximum absolute atomic E-state index is 12.3. The zero-order valence-corrected chi connectivity index (χ0v) is 12.0. The molecule has 0 aliphatic carbocycles. The van der Waals surface area contributed by atoms with E-state index in [1.54, 1.807) is 16.8 Å². The van der Waals surface area contributed by atoms with Crippen molar-refractivity contribution in [3.05, 3.63) is 35.0 Å². The molecule has 0 bridgehead atoms. The molecule has 1 aromatic heterocycles. The number of nitrogens with zero attached hydrogens (tertiary/aromatic N) is 1. The summed E-state index contributed by atoms with van der Waals surface area (Å²) in [6, 6.07) is 1.62. The summed E-state index contributed by atoms with van der Waals surface area (Å²) in [5.74, 6) is -1.03. The number of halogens is 3. The van der Waals surface area contributed by atoms with Crippen LogP contribution in [-0.4, -0.2) is 42.5 Å². The largest absolute Gasteiger partial charge is 0.406 e. The van der Waals surface area contributed by atoms with Gasteiger partial charge in [0, 0.05) is 30.5 Å². The monoisotopic (exact) mass is 320 g/mol. The third-order valence-corrected chi connectivity index (χ3v) is 3.16. The van der Waals surface area contributed by atoms with Gasteiger partial charge >= 0.3 is 6.18 Å². The van der Waals surface area contributed by atoms with Crippen LogP contribution >= 0.6 is 11.3 Å². The van der Waals surface area contributed by atoms with E-state index in [2.05, 4.69) is 11.9 Å². The zero-order chi connectivity index (χ0) is 15.9. The van der Waals surface area contributed by atoms with E-state index in [1.807, 2.05) is 0 Å². The molecule has 8 heteroatoms. The summed E-state index contributed by atoms with van der Waals surface area (Å²) in [6.07, 6.45) is -3.42. The maximum Gasteiger partial charge on any atom is 0.406 e. The second-order valence-corrected chi connectivity index (χ2v) is 4.98. The van der Waals surface area contributed by atoms with Gasteiger partial charge in [-0.3, -0.25) is 9.59 Å². The molecule has 0 spiro atoms. The smallest absolute Gasteiger partial charge is 0.351 e. The van der Waals surface area contributed by atoms with Gasteiger partial charge in [-0.25, -0.2) is 0 Å². The first-order valence-corrected chi connectivity index (χ1v) is 7.03. The Hall–Kier alpha value is -1.83. The number of alkyl halides is 3. The highest BCUT2D eigenvalue weighted by molar-refractivity contribution is 7.08. The molecule has 21 heavy (non-hydrogen) atoms. The van der Waals surface area contributed by atoms with Gasteiger partial charge in [-0.05, 0) is 11.4 Å². The summed E-state index contributed by atoms with van der Waals surface area (Å²) < 4.78 is 37.0. The van der Waals surface area contributed by atoms with Crippen molar-refractivity contribution in [2.24, 2.45) is 0 Å². The molecule has 1 rings (SSSR count). The van der Waals surface area contributed by atoms with Crippen LogP contribution in [0.15, 0.2) is 29.5 Å². The SMILES string of the molecule is C=CCN(CC(F)(F)F)C(=O)CCNC(=O)c1ccsc1. The third kappa shape index (κ3) is 6.44. The molecule has 0 saturated carbocycles. The lowest BCUT2D eigenvalue weighted by molar-refractivity contribution is -0.160. The van der Waals surface area contributed by atoms with Gasteiger partial charge in [0.2, 0.25) is 5.91 Å². The number of amides is 2. The van der Waals surface area contributed by atoms with Gasteiger partial charge in [-0.1, -0.05) is 6.08 Å². The van der Waals surface area contributed by atoms with Crippen molar-refractivity contribution in [3.63, 3.8) is 0 Å². The molecule has 0 atom stereocenters. The second-order valence-electron chi connectivity index (χ2n) is 4.20. The molecular formula is C13H15F3N2O2S. The highest BCUT2D eigenvalue weighted by Gasteiger charge is 2.32. The molecule has 0 aliphatic heterocycles. The fourth-order valence-electron chi connectivity index (χ4n) is 1.56. The van der Waals surface area contributed by atoms with Crippen molar-refractivity contribution >= 4 is 23.2 Å². The lowest BCUT2D eigenvalue weighted by Crippen LogP contribution is -2.40. The molecule has 0 saturated heterocycles. The Labute approximate surface area is 124 Å². The Morgan fingerprint density at radius 3 is 2.67 bits per heavy atom. The van der Waals surface area contributed by atoms with Crippen molar-refractivity contribution < 1.29 is 22.8 Å². The van der Waals surface area contributed by atoms with Gasteiger partial charge in [0.25, 0.3) is 5.91 Å². The third-order valence-electron chi connectivity index (χ3n) is 2.48. The normalized spacial score (nSPS) is 11.0. The van der Waals surface area contributed by atoms with Crippen LogP contribution in [0.2, 0.25) is 0 Å². The minimum atomic E-state index is -4.46. The lowest BCUT2D eigenvalue weighted by atomic mass is 10.3. The van der Waals surface area contributed by atoms with E-state index in [0.29, 0.717) is 10.5 Å². The van der Waals surface area contributed by atoms with Crippen molar-refractivity contribution in [3.8, 4) is 0 Å². The number of carbonyl (C=O) groups excluding carboxylic acids is 2. The molecule has 1 aromatic rings. The molecule has 0 aliphatic rings. The lowest BCUT2D eigenvalue weighted by Gasteiger charge is -2.22. The number of hydrogen-bond donors (Lipinski definition) is 1. The number of nitrogens with one attached hydrogen (secondary N) is 1. The second kappa shape index (κ2) is 7.82. The Balaban J connectivity index is 2.43. The quantitative estimate of drug-likeness (QED) is 0.785. The molecule has 0 radical (unpaired) electrons. The van der Waals surface area contributed by atoms with Gasteiger partial charge in [0.15, 0.2) is 0 Å². The fourth-order valence-corrected chi connectivity index (χ4v) is 2.20. The standard InChI is InChI=1S/C13H15F3N2O2S/c1-2-6-18(9-13(14,15)16)11(19)3-5-17-12(20)10-4-7-21-8-10/h2,4,7-8H,1,3,5-6,9H2,(H,17,20). The molecule has 1 heterocycles. The Morgan fingerprint density at radius 1 is 1.43 bits per heavy atom. The van der Waals surface area contributed by atoms with Crippen LogP contribution in [0.5, 0.6) is 0 Å². The molecule has 0 fully saturated rings. The number of rotatable bonds is 7. The molecule has 116 valence electrons. The maximum atomic E-state index is 12.3. The van der Waals surface area contributed by atoms with E-state index < -0.39 is 18.6 Å². The van der Waals surface area contributed by atoms with E-state index in [4.69, 9.17) is 0 Å². The predicted octanol–water partition coefficient (Wildman–Crippen LogP) is 2.44. The van der Waals surface area contributed by atoms with Gasteiger partial charge in [-0.15, -0.1) is 6.58 Å². The van der Waals surface area contributed by atoms with E-state index in [1.165, 1.54) is 17.4 Å². The van der Waals surface area contributed by atoms with Crippen LogP contribution in [-0.2, 0) is 4.79 Å². The summed E-state index contributed by atoms with van der Waals surface area (Å²) in [5.41, 5.74) is 0.464. The summed E-state index contributed by atoms with van der Waals surface area (Å²) >= 11 is 1.35. The average Bonchev–Trinajstić information content (AvgIpc) is 2.90. The summed E-state index contributed by atoms with van der Waals surface area (Å²) in [5, 5.41) is 5.86. The first-order valence-electron chi connectivity index (χ1n) is 6.09. The van der Waals surface area contributed by atoms with Crippen LogP contribution in [0, 0.1) is 0 Å². The van der Waals surface area contributed by atoms with Gasteiger partial charge < -0.3 is 10.2 Å². The van der Waals surface area contributed by atoms with Crippen molar-refractivity contribution in [1.82, 2.24) is 10.2 Å². The Bertz CT molecular complexity index is 486. The number of hydrogen-bond acceptors (Lipinski definition) is 3. The van der Waals surface area contributed by atoms with Crippen LogP contribution < -0.4 is 5.32 Å². The van der Waals surface area contributed by atoms with Crippen LogP contribution in [0.4, 0.5) is 13.2 Å².